The third-order valence-electron chi connectivity index (χ3n) is 10.9. The zero-order chi connectivity index (χ0) is 33.4. The number of hydrogen-bond acceptors (Lipinski definition) is 3. The Morgan fingerprint density at radius 2 is 1.26 bits per heavy atom. The quantitative estimate of drug-likeness (QED) is 0.193. The molecule has 0 radical (unpaired) electrons. The Morgan fingerprint density at radius 3 is 2.06 bits per heavy atom. The minimum absolute atomic E-state index is 0.372. The first-order valence-corrected chi connectivity index (χ1v) is 17.6. The molecular weight excluding hydrogens is 609 g/mol. The molecule has 3 heteroatoms. The molecule has 0 N–H and O–H groups in total. The minimum atomic E-state index is -0.372. The number of fused-ring (bicyclic) bond motifs is 11. The van der Waals surface area contributed by atoms with Crippen molar-refractivity contribution in [3.8, 4) is 45.0 Å². The molecule has 7 aromatic rings. The van der Waals surface area contributed by atoms with Crippen molar-refractivity contribution in [2.75, 3.05) is 0 Å². The molecule has 0 fully saturated rings. The van der Waals surface area contributed by atoms with E-state index in [4.69, 9.17) is 14.4 Å². The van der Waals surface area contributed by atoms with Crippen LogP contribution in [0.2, 0.25) is 0 Å². The summed E-state index contributed by atoms with van der Waals surface area (Å²) in [6.45, 7) is 4.07. The third-order valence-corrected chi connectivity index (χ3v) is 10.9. The van der Waals surface area contributed by atoms with Crippen molar-refractivity contribution in [1.82, 2.24) is 9.97 Å². The summed E-state index contributed by atoms with van der Waals surface area (Å²) in [6, 6.07) is 43.8. The van der Waals surface area contributed by atoms with E-state index in [0.717, 1.165) is 62.5 Å². The van der Waals surface area contributed by atoms with Gasteiger partial charge in [0, 0.05) is 21.7 Å². The molecule has 3 aliphatic carbocycles. The van der Waals surface area contributed by atoms with Crippen molar-refractivity contribution in [2.24, 2.45) is 0 Å². The van der Waals surface area contributed by atoms with E-state index in [1.807, 2.05) is 19.1 Å². The first-order valence-electron chi connectivity index (χ1n) is 17.6. The summed E-state index contributed by atoms with van der Waals surface area (Å²) < 4.78 is 6.48. The minimum Gasteiger partial charge on any atom is -0.456 e. The number of allylic oxidation sites excluding steroid dienone is 4. The molecule has 3 nitrogen and oxygen atoms in total. The predicted molar refractivity (Wildman–Crippen MR) is 205 cm³/mol. The molecule has 10 rings (SSSR count). The number of furan rings is 1. The Kier molecular flexibility index (Phi) is 6.35. The molecule has 2 aromatic heterocycles. The summed E-state index contributed by atoms with van der Waals surface area (Å²) in [6.07, 6.45) is 11.2. The van der Waals surface area contributed by atoms with Gasteiger partial charge in [-0.05, 0) is 95.5 Å². The maximum atomic E-state index is 6.48. The van der Waals surface area contributed by atoms with Crippen LogP contribution in [-0.4, -0.2) is 9.97 Å². The SMILES string of the molecule is C/C=c1\c(=C/C)oc2c(-c3nc(-c4ccccc4)cc(-c4ccc5c(c4)C4(C6=CCCC=C6c6ccccc64)c4ccccc4-5)n3)cccc12. The molecule has 5 aromatic carbocycles. The van der Waals surface area contributed by atoms with Crippen LogP contribution in [0.25, 0.3) is 73.7 Å². The largest absolute Gasteiger partial charge is 0.456 e. The third kappa shape index (κ3) is 3.92. The Labute approximate surface area is 291 Å². The maximum Gasteiger partial charge on any atom is 0.164 e. The molecule has 2 heterocycles. The molecular formula is C47H34N2O. The average molecular weight is 643 g/mol. The van der Waals surface area contributed by atoms with Gasteiger partial charge in [0.2, 0.25) is 0 Å². The lowest BCUT2D eigenvalue weighted by Crippen LogP contribution is -2.26. The predicted octanol–water partition coefficient (Wildman–Crippen LogP) is 10.3. The van der Waals surface area contributed by atoms with Crippen LogP contribution in [0, 0.1) is 0 Å². The van der Waals surface area contributed by atoms with Crippen LogP contribution < -0.4 is 10.6 Å². The van der Waals surface area contributed by atoms with E-state index in [-0.39, 0.29) is 5.41 Å². The van der Waals surface area contributed by atoms with Gasteiger partial charge in [0.25, 0.3) is 0 Å². The van der Waals surface area contributed by atoms with Crippen molar-refractivity contribution in [1.29, 1.82) is 0 Å². The van der Waals surface area contributed by atoms with Crippen LogP contribution in [0.4, 0.5) is 0 Å². The highest BCUT2D eigenvalue weighted by atomic mass is 16.3. The highest BCUT2D eigenvalue weighted by molar-refractivity contribution is 6.01. The number of nitrogens with zero attached hydrogens (tertiary/aromatic N) is 2. The lowest BCUT2D eigenvalue weighted by Gasteiger charge is -2.32. The van der Waals surface area contributed by atoms with E-state index >= 15 is 0 Å². The second-order valence-electron chi connectivity index (χ2n) is 13.4. The van der Waals surface area contributed by atoms with Gasteiger partial charge in [-0.25, -0.2) is 9.97 Å². The molecule has 1 unspecified atom stereocenters. The van der Waals surface area contributed by atoms with Crippen molar-refractivity contribution in [3.63, 3.8) is 0 Å². The van der Waals surface area contributed by atoms with E-state index in [1.165, 1.54) is 44.5 Å². The van der Waals surface area contributed by atoms with Gasteiger partial charge in [0.05, 0.1) is 22.4 Å². The highest BCUT2D eigenvalue weighted by Crippen LogP contribution is 2.64. The molecule has 238 valence electrons. The first-order chi connectivity index (χ1) is 24.7. The van der Waals surface area contributed by atoms with Crippen LogP contribution in [0.1, 0.15) is 48.9 Å². The van der Waals surface area contributed by atoms with E-state index in [2.05, 4.69) is 140 Å². The summed E-state index contributed by atoms with van der Waals surface area (Å²) in [5, 5.41) is 2.16. The summed E-state index contributed by atoms with van der Waals surface area (Å²) in [5.74, 6) is 0.649. The van der Waals surface area contributed by atoms with Crippen LogP contribution >= 0.6 is 0 Å². The fourth-order valence-corrected chi connectivity index (χ4v) is 8.81. The highest BCUT2D eigenvalue weighted by Gasteiger charge is 2.53. The first kappa shape index (κ1) is 28.9. The summed E-state index contributed by atoms with van der Waals surface area (Å²) in [7, 11) is 0. The zero-order valence-electron chi connectivity index (χ0n) is 28.1. The number of hydrogen-bond donors (Lipinski definition) is 0. The van der Waals surface area contributed by atoms with Crippen molar-refractivity contribution in [2.45, 2.75) is 32.1 Å². The van der Waals surface area contributed by atoms with Gasteiger partial charge in [-0.1, -0.05) is 121 Å². The van der Waals surface area contributed by atoms with E-state index in [0.29, 0.717) is 5.82 Å². The van der Waals surface area contributed by atoms with E-state index in [9.17, 15) is 0 Å². The number of rotatable bonds is 3. The van der Waals surface area contributed by atoms with Crippen molar-refractivity contribution in [3.05, 3.63) is 172 Å². The van der Waals surface area contributed by atoms with Crippen molar-refractivity contribution < 1.29 is 4.42 Å². The van der Waals surface area contributed by atoms with Gasteiger partial charge in [-0.2, -0.15) is 0 Å². The second-order valence-corrected chi connectivity index (χ2v) is 13.4. The maximum absolute atomic E-state index is 6.48. The monoisotopic (exact) mass is 642 g/mol. The molecule has 1 spiro atoms. The molecule has 3 aliphatic rings. The molecule has 0 saturated heterocycles. The Bertz CT molecular complexity index is 2730. The summed E-state index contributed by atoms with van der Waals surface area (Å²) in [5.41, 5.74) is 16.9. The van der Waals surface area contributed by atoms with Crippen LogP contribution in [0.15, 0.2) is 143 Å². The van der Waals surface area contributed by atoms with Gasteiger partial charge in [0.15, 0.2) is 5.82 Å². The normalized spacial score (nSPS) is 17.8. The number of benzene rings is 5. The van der Waals surface area contributed by atoms with Gasteiger partial charge >= 0.3 is 0 Å². The Balaban J connectivity index is 1.24. The van der Waals surface area contributed by atoms with Gasteiger partial charge in [-0.15, -0.1) is 0 Å². The smallest absolute Gasteiger partial charge is 0.164 e. The standard InChI is InChI=1S/C47H34N2O/c1-3-31-36-20-14-21-37(45(36)50-44(31)4-2)46-48-42(29-15-6-5-7-16-29)28-43(49-46)30-25-26-35-34-19-10-13-24-40(34)47(41(35)27-30)38-22-11-8-17-32(38)33-18-9-12-23-39(33)47/h3-8,10-11,13-28H,9,12H2,1-2H3/b31-3-,44-4+. The van der Waals surface area contributed by atoms with Gasteiger partial charge < -0.3 is 4.42 Å². The molecule has 50 heavy (non-hydrogen) atoms. The number of aromatic nitrogens is 2. The zero-order valence-corrected chi connectivity index (χ0v) is 28.1. The Morgan fingerprint density at radius 1 is 0.580 bits per heavy atom. The average Bonchev–Trinajstić information content (AvgIpc) is 3.81. The second kappa shape index (κ2) is 11.0. The topological polar surface area (TPSA) is 38.9 Å². The van der Waals surface area contributed by atoms with Gasteiger partial charge in [-0.3, -0.25) is 0 Å². The molecule has 0 amide bonds. The lowest BCUT2D eigenvalue weighted by molar-refractivity contribution is 0.575. The van der Waals surface area contributed by atoms with E-state index < -0.39 is 0 Å². The summed E-state index contributed by atoms with van der Waals surface area (Å²) in [4.78, 5) is 10.5. The molecule has 0 aliphatic heterocycles. The molecule has 1 atom stereocenters. The molecule has 0 bridgehead atoms. The molecule has 0 saturated carbocycles. The van der Waals surface area contributed by atoms with E-state index in [1.54, 1.807) is 0 Å². The fourth-order valence-electron chi connectivity index (χ4n) is 8.81. The van der Waals surface area contributed by atoms with Gasteiger partial charge in [0.1, 0.15) is 11.0 Å². The van der Waals surface area contributed by atoms with Crippen LogP contribution in [0.5, 0.6) is 0 Å². The number of para-hydroxylation sites is 1. The Hall–Kier alpha value is -6.06. The van der Waals surface area contributed by atoms with Crippen LogP contribution in [0.3, 0.4) is 0 Å². The van der Waals surface area contributed by atoms with Crippen molar-refractivity contribution >= 4 is 28.7 Å². The summed E-state index contributed by atoms with van der Waals surface area (Å²) >= 11 is 0. The fraction of sp³-hybridized carbons (Fsp3) is 0.106. The lowest BCUT2D eigenvalue weighted by atomic mass is 9.69. The van der Waals surface area contributed by atoms with Crippen LogP contribution in [-0.2, 0) is 5.41 Å².